The van der Waals surface area contributed by atoms with Crippen molar-refractivity contribution in [1.29, 1.82) is 0 Å². The number of aliphatic hydroxyl groups is 1. The smallest absolute Gasteiger partial charge is 0.265 e. The highest BCUT2D eigenvalue weighted by Crippen LogP contribution is 2.40. The Morgan fingerprint density at radius 3 is 2.80 bits per heavy atom. The molecule has 1 aliphatic rings. The van der Waals surface area contributed by atoms with Crippen molar-refractivity contribution in [2.24, 2.45) is 0 Å². The van der Waals surface area contributed by atoms with Crippen LogP contribution in [-0.4, -0.2) is 30.7 Å². The molecule has 0 aliphatic carbocycles. The molecule has 0 bridgehead atoms. The Balaban J connectivity index is 2.27. The average molecular weight is 311 g/mol. The summed E-state index contributed by atoms with van der Waals surface area (Å²) in [6.45, 7) is 0. The Morgan fingerprint density at radius 1 is 1.45 bits per heavy atom. The van der Waals surface area contributed by atoms with Gasteiger partial charge in [-0.15, -0.1) is 11.3 Å². The second-order valence-electron chi connectivity index (χ2n) is 4.10. The highest BCUT2D eigenvalue weighted by atomic mass is 32.2. The fourth-order valence-electron chi connectivity index (χ4n) is 1.94. The van der Waals surface area contributed by atoms with Gasteiger partial charge in [0.25, 0.3) is 10.0 Å². The van der Waals surface area contributed by atoms with Crippen molar-refractivity contribution in [3.8, 4) is 10.6 Å². The summed E-state index contributed by atoms with van der Waals surface area (Å²) in [5.74, 6) is -0.0350. The number of ketones is 1. The van der Waals surface area contributed by atoms with Crippen molar-refractivity contribution < 1.29 is 22.7 Å². The van der Waals surface area contributed by atoms with E-state index in [0.717, 1.165) is 15.6 Å². The normalized spacial score (nSPS) is 19.4. The number of allylic oxidation sites excluding steroid dienone is 1. The third-order valence-electron chi connectivity index (χ3n) is 3.00. The fourth-order valence-corrected chi connectivity index (χ4v) is 4.70. The van der Waals surface area contributed by atoms with Gasteiger partial charge in [-0.1, -0.05) is 0 Å². The van der Waals surface area contributed by atoms with Gasteiger partial charge in [-0.05, 0) is 18.2 Å². The standard InChI is InChI=1S/C12H9NO5S2/c1-13-7(6-14)11(15)12-10(20(13,16)17)5-9(19-12)8-3-2-4-18-8/h2-6,14H,1H3/b7-6+. The molecule has 0 fully saturated rings. The van der Waals surface area contributed by atoms with Crippen molar-refractivity contribution in [2.75, 3.05) is 7.05 Å². The largest absolute Gasteiger partial charge is 0.513 e. The van der Waals surface area contributed by atoms with Crippen LogP contribution in [0.1, 0.15) is 9.67 Å². The van der Waals surface area contributed by atoms with E-state index < -0.39 is 15.8 Å². The number of rotatable bonds is 1. The Morgan fingerprint density at radius 2 is 2.20 bits per heavy atom. The van der Waals surface area contributed by atoms with Crippen molar-refractivity contribution in [3.05, 3.63) is 41.3 Å². The number of Topliss-reactive ketones (excluding diaryl/α,β-unsaturated/α-hetero) is 1. The lowest BCUT2D eigenvalue weighted by atomic mass is 10.2. The number of sulfonamides is 1. The van der Waals surface area contributed by atoms with Crippen LogP contribution >= 0.6 is 11.3 Å². The van der Waals surface area contributed by atoms with Crippen LogP contribution in [0.3, 0.4) is 0 Å². The Hall–Kier alpha value is -2.06. The van der Waals surface area contributed by atoms with Gasteiger partial charge in [0, 0.05) is 7.05 Å². The minimum absolute atomic E-state index is 0.0630. The summed E-state index contributed by atoms with van der Waals surface area (Å²) < 4.78 is 30.6. The summed E-state index contributed by atoms with van der Waals surface area (Å²) in [4.78, 5) is 12.7. The van der Waals surface area contributed by atoms with E-state index in [0.29, 0.717) is 16.9 Å². The Labute approximate surface area is 118 Å². The first-order valence-electron chi connectivity index (χ1n) is 5.52. The molecule has 2 aromatic heterocycles. The van der Waals surface area contributed by atoms with Crippen molar-refractivity contribution >= 4 is 27.1 Å². The zero-order valence-electron chi connectivity index (χ0n) is 10.2. The molecule has 0 atom stereocenters. The van der Waals surface area contributed by atoms with Gasteiger partial charge in [0.05, 0.1) is 16.0 Å². The van der Waals surface area contributed by atoms with Gasteiger partial charge in [0.1, 0.15) is 22.6 Å². The third kappa shape index (κ3) is 1.61. The van der Waals surface area contributed by atoms with Gasteiger partial charge >= 0.3 is 0 Å². The first kappa shape index (κ1) is 12.9. The maximum absolute atomic E-state index is 12.3. The van der Waals surface area contributed by atoms with E-state index in [1.807, 2.05) is 0 Å². The molecule has 0 radical (unpaired) electrons. The molecule has 3 rings (SSSR count). The highest BCUT2D eigenvalue weighted by Gasteiger charge is 2.39. The van der Waals surface area contributed by atoms with E-state index in [1.54, 1.807) is 12.1 Å². The van der Waals surface area contributed by atoms with E-state index >= 15 is 0 Å². The molecule has 0 amide bonds. The molecular weight excluding hydrogens is 302 g/mol. The molecule has 20 heavy (non-hydrogen) atoms. The predicted molar refractivity (Wildman–Crippen MR) is 72.0 cm³/mol. The summed E-state index contributed by atoms with van der Waals surface area (Å²) in [7, 11) is -2.61. The quantitative estimate of drug-likeness (QED) is 0.644. The van der Waals surface area contributed by atoms with Gasteiger partial charge in [-0.25, -0.2) is 8.42 Å². The lowest BCUT2D eigenvalue weighted by Gasteiger charge is -2.24. The molecule has 0 saturated heterocycles. The SMILES string of the molecule is CN1/C(=C/O)C(=O)c2sc(-c3ccco3)cc2S1(=O)=O. The highest BCUT2D eigenvalue weighted by molar-refractivity contribution is 7.89. The van der Waals surface area contributed by atoms with Crippen LogP contribution in [0.4, 0.5) is 0 Å². The number of carbonyl (C=O) groups excluding carboxylic acids is 1. The third-order valence-corrected chi connectivity index (χ3v) is 6.07. The van der Waals surface area contributed by atoms with Crippen LogP contribution in [0, 0.1) is 0 Å². The Bertz CT molecular complexity index is 814. The molecule has 2 aromatic rings. The number of fused-ring (bicyclic) bond motifs is 1. The summed E-state index contributed by atoms with van der Waals surface area (Å²) in [5, 5.41) is 9.08. The number of carbonyl (C=O) groups is 1. The van der Waals surface area contributed by atoms with Crippen molar-refractivity contribution in [3.63, 3.8) is 0 Å². The zero-order chi connectivity index (χ0) is 14.5. The van der Waals surface area contributed by atoms with Crippen LogP contribution in [-0.2, 0) is 10.0 Å². The predicted octanol–water partition coefficient (Wildman–Crippen LogP) is 2.22. The van der Waals surface area contributed by atoms with E-state index in [1.165, 1.54) is 19.4 Å². The van der Waals surface area contributed by atoms with Crippen molar-refractivity contribution in [1.82, 2.24) is 4.31 Å². The minimum atomic E-state index is -3.83. The number of aliphatic hydroxyl groups excluding tert-OH is 1. The molecule has 1 N–H and O–H groups in total. The number of hydrogen-bond acceptors (Lipinski definition) is 6. The topological polar surface area (TPSA) is 87.8 Å². The van der Waals surface area contributed by atoms with Gasteiger partial charge in [-0.3, -0.25) is 9.10 Å². The van der Waals surface area contributed by atoms with Crippen LogP contribution in [0.15, 0.2) is 45.7 Å². The first-order chi connectivity index (χ1) is 9.46. The number of furan rings is 1. The van der Waals surface area contributed by atoms with E-state index in [2.05, 4.69) is 0 Å². The molecule has 104 valence electrons. The molecule has 8 heteroatoms. The van der Waals surface area contributed by atoms with E-state index in [-0.39, 0.29) is 15.5 Å². The molecule has 0 unspecified atom stereocenters. The lowest BCUT2D eigenvalue weighted by molar-refractivity contribution is 0.100. The zero-order valence-corrected chi connectivity index (χ0v) is 11.9. The van der Waals surface area contributed by atoms with Crippen LogP contribution in [0.25, 0.3) is 10.6 Å². The van der Waals surface area contributed by atoms with E-state index in [4.69, 9.17) is 9.52 Å². The summed E-state index contributed by atoms with van der Waals surface area (Å²) in [6.07, 6.45) is 1.98. The lowest BCUT2D eigenvalue weighted by Crippen LogP contribution is -2.35. The van der Waals surface area contributed by atoms with Gasteiger partial charge in [0.2, 0.25) is 5.78 Å². The maximum Gasteiger partial charge on any atom is 0.265 e. The van der Waals surface area contributed by atoms with Crippen LogP contribution in [0.5, 0.6) is 0 Å². The monoisotopic (exact) mass is 311 g/mol. The Kier molecular flexibility index (Phi) is 2.73. The van der Waals surface area contributed by atoms with Gasteiger partial charge in [-0.2, -0.15) is 0 Å². The molecule has 0 aromatic carbocycles. The molecule has 6 nitrogen and oxygen atoms in total. The fraction of sp³-hybridized carbons (Fsp3) is 0.0833. The first-order valence-corrected chi connectivity index (χ1v) is 7.78. The summed E-state index contributed by atoms with van der Waals surface area (Å²) in [5.41, 5.74) is -0.273. The number of likely N-dealkylation sites (N-methyl/N-ethyl adjacent to an activating group) is 1. The van der Waals surface area contributed by atoms with Crippen molar-refractivity contribution in [2.45, 2.75) is 4.90 Å². The molecule has 3 heterocycles. The second kappa shape index (κ2) is 4.22. The van der Waals surface area contributed by atoms with Gasteiger partial charge in [0.15, 0.2) is 0 Å². The molecular formula is C12H9NO5S2. The number of hydrogen-bond donors (Lipinski definition) is 1. The maximum atomic E-state index is 12.3. The number of thiophene rings is 1. The molecule has 0 spiro atoms. The minimum Gasteiger partial charge on any atom is -0.513 e. The average Bonchev–Trinajstić information content (AvgIpc) is 3.06. The molecule has 1 aliphatic heterocycles. The van der Waals surface area contributed by atoms with E-state index in [9.17, 15) is 13.2 Å². The summed E-state index contributed by atoms with van der Waals surface area (Å²) >= 11 is 1.02. The number of nitrogens with zero attached hydrogens (tertiary/aromatic N) is 1. The molecule has 0 saturated carbocycles. The summed E-state index contributed by atoms with van der Waals surface area (Å²) in [6, 6.07) is 4.77. The van der Waals surface area contributed by atoms with Gasteiger partial charge < -0.3 is 9.52 Å². The van der Waals surface area contributed by atoms with Crippen LogP contribution in [0.2, 0.25) is 0 Å². The second-order valence-corrected chi connectivity index (χ2v) is 7.09. The van der Waals surface area contributed by atoms with Crippen LogP contribution < -0.4 is 0 Å².